The second-order valence-corrected chi connectivity index (χ2v) is 7.30. The van der Waals surface area contributed by atoms with Crippen LogP contribution in [0, 0.1) is 10.1 Å². The Balaban J connectivity index is 2.19. The monoisotopic (exact) mass is 314 g/mol. The van der Waals surface area contributed by atoms with E-state index in [1.54, 1.807) is 11.6 Å². The standard InChI is InChI=1S/C10H14N6O2S2/c1-10(2,3)12-8-13-14-9(20-8)19-7-6(16(17)18)11-5-15(7)4/h5H,1-4H3,(H,12,13). The third-order valence-corrected chi connectivity index (χ3v) is 4.16. The Bertz CT molecular complexity index is 630. The van der Waals surface area contributed by atoms with Gasteiger partial charge in [-0.2, -0.15) is 0 Å². The van der Waals surface area contributed by atoms with Gasteiger partial charge >= 0.3 is 5.82 Å². The minimum absolute atomic E-state index is 0.111. The highest BCUT2D eigenvalue weighted by molar-refractivity contribution is 8.01. The summed E-state index contributed by atoms with van der Waals surface area (Å²) in [6.07, 6.45) is 1.41. The van der Waals surface area contributed by atoms with Crippen molar-refractivity contribution in [3.63, 3.8) is 0 Å². The van der Waals surface area contributed by atoms with Crippen molar-refractivity contribution in [1.82, 2.24) is 19.7 Å². The van der Waals surface area contributed by atoms with E-state index in [0.717, 1.165) is 0 Å². The third kappa shape index (κ3) is 3.45. The van der Waals surface area contributed by atoms with Gasteiger partial charge in [-0.25, -0.2) is 0 Å². The van der Waals surface area contributed by atoms with E-state index in [0.29, 0.717) is 14.5 Å². The zero-order valence-corrected chi connectivity index (χ0v) is 13.1. The van der Waals surface area contributed by atoms with Gasteiger partial charge in [0.1, 0.15) is 0 Å². The number of nitro groups is 1. The van der Waals surface area contributed by atoms with Crippen LogP contribution < -0.4 is 5.32 Å². The number of hydrogen-bond acceptors (Lipinski definition) is 8. The summed E-state index contributed by atoms with van der Waals surface area (Å²) in [5.74, 6) is -0.168. The van der Waals surface area contributed by atoms with Crippen LogP contribution in [0.15, 0.2) is 15.7 Å². The Hall–Kier alpha value is -1.68. The predicted octanol–water partition coefficient (Wildman–Crippen LogP) is 2.54. The molecule has 0 aromatic carbocycles. The van der Waals surface area contributed by atoms with Crippen LogP contribution in [0.25, 0.3) is 0 Å². The van der Waals surface area contributed by atoms with Gasteiger partial charge in [0.15, 0.2) is 9.37 Å². The molecule has 2 rings (SSSR count). The topological polar surface area (TPSA) is 98.8 Å². The van der Waals surface area contributed by atoms with Crippen LogP contribution in [0.4, 0.5) is 10.9 Å². The van der Waals surface area contributed by atoms with Crippen molar-refractivity contribution in [3.8, 4) is 0 Å². The van der Waals surface area contributed by atoms with E-state index in [1.165, 1.54) is 29.4 Å². The molecule has 0 amide bonds. The zero-order valence-electron chi connectivity index (χ0n) is 11.4. The van der Waals surface area contributed by atoms with Crippen LogP contribution in [0.5, 0.6) is 0 Å². The molecule has 0 spiro atoms. The zero-order chi connectivity index (χ0) is 14.9. The number of rotatable bonds is 4. The quantitative estimate of drug-likeness (QED) is 0.683. The van der Waals surface area contributed by atoms with Gasteiger partial charge in [0.2, 0.25) is 11.5 Å². The van der Waals surface area contributed by atoms with Gasteiger partial charge in [0, 0.05) is 12.6 Å². The summed E-state index contributed by atoms with van der Waals surface area (Å²) in [5, 5.41) is 23.3. The van der Waals surface area contributed by atoms with Crippen LogP contribution >= 0.6 is 23.1 Å². The average Bonchev–Trinajstić information content (AvgIpc) is 2.86. The summed E-state index contributed by atoms with van der Waals surface area (Å²) in [4.78, 5) is 14.1. The molecule has 0 radical (unpaired) electrons. The third-order valence-electron chi connectivity index (χ3n) is 2.11. The lowest BCUT2D eigenvalue weighted by Gasteiger charge is -2.18. The van der Waals surface area contributed by atoms with E-state index in [4.69, 9.17) is 0 Å². The van der Waals surface area contributed by atoms with Crippen LogP contribution in [0.2, 0.25) is 0 Å². The molecule has 0 saturated heterocycles. The average molecular weight is 314 g/mol. The minimum Gasteiger partial charge on any atom is -0.358 e. The normalized spacial score (nSPS) is 11.6. The summed E-state index contributed by atoms with van der Waals surface area (Å²) >= 11 is 2.54. The number of nitrogens with one attached hydrogen (secondary N) is 1. The highest BCUT2D eigenvalue weighted by Crippen LogP contribution is 2.36. The van der Waals surface area contributed by atoms with Gasteiger partial charge < -0.3 is 20.0 Å². The summed E-state index contributed by atoms with van der Waals surface area (Å²) in [6.45, 7) is 6.06. The van der Waals surface area contributed by atoms with E-state index >= 15 is 0 Å². The molecule has 2 aromatic heterocycles. The lowest BCUT2D eigenvalue weighted by molar-refractivity contribution is -0.392. The number of anilines is 1. The van der Waals surface area contributed by atoms with Gasteiger partial charge in [0.05, 0.1) is 0 Å². The second kappa shape index (κ2) is 5.37. The second-order valence-electron chi connectivity index (χ2n) is 5.09. The molecule has 0 fully saturated rings. The molecule has 2 aromatic rings. The summed E-state index contributed by atoms with van der Waals surface area (Å²) in [7, 11) is 1.71. The molecule has 2 heterocycles. The number of nitrogens with zero attached hydrogens (tertiary/aromatic N) is 5. The molecule has 0 bridgehead atoms. The molecule has 1 N–H and O–H groups in total. The van der Waals surface area contributed by atoms with Crippen LogP contribution in [0.1, 0.15) is 20.8 Å². The minimum atomic E-state index is -0.502. The van der Waals surface area contributed by atoms with Gasteiger partial charge in [-0.15, -0.1) is 10.2 Å². The highest BCUT2D eigenvalue weighted by atomic mass is 32.2. The van der Waals surface area contributed by atoms with Crippen LogP contribution in [-0.2, 0) is 7.05 Å². The Morgan fingerprint density at radius 3 is 2.75 bits per heavy atom. The molecule has 8 nitrogen and oxygen atoms in total. The van der Waals surface area contributed by atoms with Crippen molar-refractivity contribution < 1.29 is 4.92 Å². The first-order chi connectivity index (χ1) is 9.26. The molecule has 0 aliphatic carbocycles. The lowest BCUT2D eigenvalue weighted by atomic mass is 10.1. The SMILES string of the molecule is Cn1cnc([N+](=O)[O-])c1Sc1nnc(NC(C)(C)C)s1. The van der Waals surface area contributed by atoms with Crippen molar-refractivity contribution in [2.24, 2.45) is 7.05 Å². The predicted molar refractivity (Wildman–Crippen MR) is 77.3 cm³/mol. The molecule has 0 aliphatic heterocycles. The first-order valence-corrected chi connectivity index (χ1v) is 7.35. The van der Waals surface area contributed by atoms with Crippen molar-refractivity contribution in [2.45, 2.75) is 35.7 Å². The van der Waals surface area contributed by atoms with E-state index < -0.39 is 4.92 Å². The van der Waals surface area contributed by atoms with Gasteiger partial charge in [0.25, 0.3) is 0 Å². The Morgan fingerprint density at radius 2 is 2.15 bits per heavy atom. The van der Waals surface area contributed by atoms with E-state index in [-0.39, 0.29) is 11.4 Å². The Kier molecular flexibility index (Phi) is 3.95. The largest absolute Gasteiger partial charge is 0.396 e. The highest BCUT2D eigenvalue weighted by Gasteiger charge is 2.23. The van der Waals surface area contributed by atoms with Crippen molar-refractivity contribution in [1.29, 1.82) is 0 Å². The fourth-order valence-electron chi connectivity index (χ4n) is 1.35. The number of imidazole rings is 1. The first-order valence-electron chi connectivity index (χ1n) is 5.71. The fraction of sp³-hybridized carbons (Fsp3) is 0.500. The molecule has 20 heavy (non-hydrogen) atoms. The molecular formula is C10H14N6O2S2. The fourth-order valence-corrected chi connectivity index (χ4v) is 3.34. The van der Waals surface area contributed by atoms with Gasteiger partial charge in [-0.1, -0.05) is 11.3 Å². The molecule has 108 valence electrons. The number of hydrogen-bond donors (Lipinski definition) is 1. The summed E-state index contributed by atoms with van der Waals surface area (Å²) < 4.78 is 2.23. The number of aromatic nitrogens is 4. The lowest BCUT2D eigenvalue weighted by Crippen LogP contribution is -2.25. The van der Waals surface area contributed by atoms with Gasteiger partial charge in [-0.3, -0.25) is 0 Å². The maximum Gasteiger partial charge on any atom is 0.396 e. The van der Waals surface area contributed by atoms with E-state index in [1.807, 2.05) is 20.8 Å². The molecule has 0 saturated carbocycles. The molecular weight excluding hydrogens is 300 g/mol. The summed E-state index contributed by atoms with van der Waals surface area (Å²) in [6, 6.07) is 0. The molecule has 0 unspecified atom stereocenters. The van der Waals surface area contributed by atoms with Gasteiger partial charge in [-0.05, 0) is 42.4 Å². The Labute approximate surface area is 123 Å². The first kappa shape index (κ1) is 14.7. The Morgan fingerprint density at radius 1 is 1.45 bits per heavy atom. The maximum absolute atomic E-state index is 10.9. The van der Waals surface area contributed by atoms with E-state index in [2.05, 4.69) is 20.5 Å². The number of aryl methyl sites for hydroxylation is 1. The van der Waals surface area contributed by atoms with E-state index in [9.17, 15) is 10.1 Å². The smallest absolute Gasteiger partial charge is 0.358 e. The molecule has 10 heteroatoms. The van der Waals surface area contributed by atoms with Crippen LogP contribution in [-0.4, -0.2) is 30.2 Å². The van der Waals surface area contributed by atoms with Crippen molar-refractivity contribution in [2.75, 3.05) is 5.32 Å². The summed E-state index contributed by atoms with van der Waals surface area (Å²) in [5.41, 5.74) is -0.111. The molecule has 0 aliphatic rings. The van der Waals surface area contributed by atoms with Crippen molar-refractivity contribution in [3.05, 3.63) is 16.4 Å². The van der Waals surface area contributed by atoms with Crippen molar-refractivity contribution >= 4 is 34.0 Å². The molecule has 0 atom stereocenters. The van der Waals surface area contributed by atoms with Crippen LogP contribution in [0.3, 0.4) is 0 Å². The maximum atomic E-state index is 10.9.